The van der Waals surface area contributed by atoms with E-state index in [1.54, 1.807) is 13.2 Å². The molecule has 1 amide bonds. The zero-order valence-corrected chi connectivity index (χ0v) is 12.6. The van der Waals surface area contributed by atoms with Crippen molar-refractivity contribution in [2.24, 2.45) is 0 Å². The molecule has 1 heterocycles. The smallest absolute Gasteiger partial charge is 0.270 e. The number of benzene rings is 1. The highest BCUT2D eigenvalue weighted by atomic mass is 16.5. The molecule has 1 fully saturated rings. The SMILES string of the molecule is COc1ccc2nc(C(=O)NCC3(O)CCCC3)ccc2c1. The molecule has 5 nitrogen and oxygen atoms in total. The lowest BCUT2D eigenvalue weighted by Crippen LogP contribution is -2.41. The van der Waals surface area contributed by atoms with Crippen LogP contribution in [0, 0.1) is 0 Å². The fraction of sp³-hybridized carbons (Fsp3) is 0.412. The number of rotatable bonds is 4. The lowest BCUT2D eigenvalue weighted by atomic mass is 10.0. The van der Waals surface area contributed by atoms with E-state index in [9.17, 15) is 9.90 Å². The maximum Gasteiger partial charge on any atom is 0.270 e. The van der Waals surface area contributed by atoms with Gasteiger partial charge in [0.15, 0.2) is 0 Å². The van der Waals surface area contributed by atoms with Crippen LogP contribution in [0.25, 0.3) is 10.9 Å². The van der Waals surface area contributed by atoms with Gasteiger partial charge in [0.1, 0.15) is 11.4 Å². The highest BCUT2D eigenvalue weighted by Crippen LogP contribution is 2.28. The molecule has 1 aliphatic carbocycles. The van der Waals surface area contributed by atoms with Crippen molar-refractivity contribution in [3.05, 3.63) is 36.0 Å². The first-order valence-electron chi connectivity index (χ1n) is 7.55. The predicted octanol–water partition coefficient (Wildman–Crippen LogP) is 2.28. The monoisotopic (exact) mass is 300 g/mol. The molecule has 2 N–H and O–H groups in total. The first-order valence-corrected chi connectivity index (χ1v) is 7.55. The number of carbonyl (C=O) groups is 1. The molecule has 22 heavy (non-hydrogen) atoms. The molecule has 0 aliphatic heterocycles. The third kappa shape index (κ3) is 3.04. The van der Waals surface area contributed by atoms with Crippen LogP contribution in [0.4, 0.5) is 0 Å². The summed E-state index contributed by atoms with van der Waals surface area (Å²) in [5.41, 5.74) is 0.354. The summed E-state index contributed by atoms with van der Waals surface area (Å²) >= 11 is 0. The number of nitrogens with zero attached hydrogens (tertiary/aromatic N) is 1. The van der Waals surface area contributed by atoms with Crippen LogP contribution < -0.4 is 10.1 Å². The van der Waals surface area contributed by atoms with Crippen LogP contribution >= 0.6 is 0 Å². The summed E-state index contributed by atoms with van der Waals surface area (Å²) in [7, 11) is 1.62. The molecule has 5 heteroatoms. The molecule has 1 aromatic heterocycles. The summed E-state index contributed by atoms with van der Waals surface area (Å²) in [4.78, 5) is 16.6. The summed E-state index contributed by atoms with van der Waals surface area (Å²) in [5, 5.41) is 14.0. The van der Waals surface area contributed by atoms with Crippen molar-refractivity contribution in [2.45, 2.75) is 31.3 Å². The maximum atomic E-state index is 12.2. The van der Waals surface area contributed by atoms with E-state index in [0.717, 1.165) is 42.3 Å². The van der Waals surface area contributed by atoms with Crippen molar-refractivity contribution in [1.82, 2.24) is 10.3 Å². The number of pyridine rings is 1. The number of hydrogen-bond acceptors (Lipinski definition) is 4. The van der Waals surface area contributed by atoms with Crippen molar-refractivity contribution in [3.63, 3.8) is 0 Å². The van der Waals surface area contributed by atoms with E-state index in [0.29, 0.717) is 5.69 Å². The number of methoxy groups -OCH3 is 1. The highest BCUT2D eigenvalue weighted by Gasteiger charge is 2.31. The molecule has 1 aromatic carbocycles. The largest absolute Gasteiger partial charge is 0.497 e. The van der Waals surface area contributed by atoms with Crippen LogP contribution in [0.5, 0.6) is 5.75 Å². The highest BCUT2D eigenvalue weighted by molar-refractivity contribution is 5.95. The Kier molecular flexibility index (Phi) is 3.98. The summed E-state index contributed by atoms with van der Waals surface area (Å²) in [6, 6.07) is 9.07. The number of aliphatic hydroxyl groups is 1. The van der Waals surface area contributed by atoms with E-state index in [1.165, 1.54) is 0 Å². The zero-order valence-electron chi connectivity index (χ0n) is 12.6. The Morgan fingerprint density at radius 3 is 2.82 bits per heavy atom. The third-order valence-electron chi connectivity index (χ3n) is 4.24. The minimum absolute atomic E-state index is 0.252. The van der Waals surface area contributed by atoms with E-state index in [1.807, 2.05) is 24.3 Å². The molecule has 1 aliphatic rings. The van der Waals surface area contributed by atoms with Crippen LogP contribution in [-0.2, 0) is 0 Å². The summed E-state index contributed by atoms with van der Waals surface area (Å²) in [6.07, 6.45) is 3.53. The lowest BCUT2D eigenvalue weighted by molar-refractivity contribution is 0.0448. The second kappa shape index (κ2) is 5.93. The lowest BCUT2D eigenvalue weighted by Gasteiger charge is -2.22. The van der Waals surface area contributed by atoms with E-state index in [2.05, 4.69) is 10.3 Å². The average Bonchev–Trinajstić information content (AvgIpc) is 2.98. The maximum absolute atomic E-state index is 12.2. The van der Waals surface area contributed by atoms with Crippen LogP contribution in [0.15, 0.2) is 30.3 Å². The van der Waals surface area contributed by atoms with Gasteiger partial charge in [0, 0.05) is 11.9 Å². The Balaban J connectivity index is 1.73. The molecular weight excluding hydrogens is 280 g/mol. The van der Waals surface area contributed by atoms with Crippen LogP contribution in [0.2, 0.25) is 0 Å². The molecule has 2 aromatic rings. The van der Waals surface area contributed by atoms with Gasteiger partial charge in [-0.25, -0.2) is 4.98 Å². The number of fused-ring (bicyclic) bond motifs is 1. The second-order valence-corrected chi connectivity index (χ2v) is 5.87. The third-order valence-corrected chi connectivity index (χ3v) is 4.24. The molecule has 0 bridgehead atoms. The van der Waals surface area contributed by atoms with Crippen molar-refractivity contribution >= 4 is 16.8 Å². The average molecular weight is 300 g/mol. The van der Waals surface area contributed by atoms with Gasteiger partial charge in [0.05, 0.1) is 18.2 Å². The first-order chi connectivity index (χ1) is 10.6. The number of hydrogen-bond donors (Lipinski definition) is 2. The molecule has 0 atom stereocenters. The Labute approximate surface area is 129 Å². The number of carbonyl (C=O) groups excluding carboxylic acids is 1. The van der Waals surface area contributed by atoms with Gasteiger partial charge >= 0.3 is 0 Å². The van der Waals surface area contributed by atoms with Crippen molar-refractivity contribution < 1.29 is 14.6 Å². The topological polar surface area (TPSA) is 71.5 Å². The van der Waals surface area contributed by atoms with Gasteiger partial charge in [-0.05, 0) is 37.1 Å². The number of amides is 1. The van der Waals surface area contributed by atoms with E-state index >= 15 is 0 Å². The fourth-order valence-corrected chi connectivity index (χ4v) is 2.90. The van der Waals surface area contributed by atoms with Gasteiger partial charge in [-0.15, -0.1) is 0 Å². The molecule has 3 rings (SSSR count). The Bertz CT molecular complexity index is 693. The summed E-state index contributed by atoms with van der Waals surface area (Å²) < 4.78 is 5.17. The molecule has 0 spiro atoms. The van der Waals surface area contributed by atoms with Crippen LogP contribution in [0.1, 0.15) is 36.2 Å². The summed E-state index contributed by atoms with van der Waals surface area (Å²) in [5.74, 6) is 0.507. The van der Waals surface area contributed by atoms with E-state index in [-0.39, 0.29) is 12.5 Å². The number of aromatic nitrogens is 1. The first kappa shape index (κ1) is 14.8. The van der Waals surface area contributed by atoms with Gasteiger partial charge in [-0.3, -0.25) is 4.79 Å². The van der Waals surface area contributed by atoms with E-state index in [4.69, 9.17) is 4.74 Å². The Morgan fingerprint density at radius 2 is 2.09 bits per heavy atom. The van der Waals surface area contributed by atoms with Crippen molar-refractivity contribution in [3.8, 4) is 5.75 Å². The van der Waals surface area contributed by atoms with Gasteiger partial charge < -0.3 is 15.2 Å². The normalized spacial score (nSPS) is 16.6. The molecule has 1 saturated carbocycles. The molecular formula is C17H20N2O3. The minimum atomic E-state index is -0.750. The Morgan fingerprint density at radius 1 is 1.32 bits per heavy atom. The number of ether oxygens (including phenoxy) is 1. The fourth-order valence-electron chi connectivity index (χ4n) is 2.90. The summed E-state index contributed by atoms with van der Waals surface area (Å²) in [6.45, 7) is 0.286. The van der Waals surface area contributed by atoms with Crippen molar-refractivity contribution in [1.29, 1.82) is 0 Å². The molecule has 0 saturated heterocycles. The second-order valence-electron chi connectivity index (χ2n) is 5.87. The predicted molar refractivity (Wildman–Crippen MR) is 84.0 cm³/mol. The minimum Gasteiger partial charge on any atom is -0.497 e. The van der Waals surface area contributed by atoms with Crippen LogP contribution in [0.3, 0.4) is 0 Å². The zero-order chi connectivity index (χ0) is 15.6. The molecule has 116 valence electrons. The van der Waals surface area contributed by atoms with Crippen LogP contribution in [-0.4, -0.2) is 35.3 Å². The van der Waals surface area contributed by atoms with Gasteiger partial charge in [-0.1, -0.05) is 18.9 Å². The van der Waals surface area contributed by atoms with Gasteiger partial charge in [0.25, 0.3) is 5.91 Å². The van der Waals surface area contributed by atoms with Gasteiger partial charge in [0.2, 0.25) is 0 Å². The Hall–Kier alpha value is -2.14. The standard InChI is InChI=1S/C17H20N2O3/c1-22-13-5-7-14-12(10-13)4-6-15(19-14)16(20)18-11-17(21)8-2-3-9-17/h4-7,10,21H,2-3,8-9,11H2,1H3,(H,18,20). The van der Waals surface area contributed by atoms with E-state index < -0.39 is 5.60 Å². The quantitative estimate of drug-likeness (QED) is 0.908. The number of nitrogens with one attached hydrogen (secondary N) is 1. The van der Waals surface area contributed by atoms with Crippen molar-refractivity contribution in [2.75, 3.05) is 13.7 Å². The molecule has 0 unspecified atom stereocenters. The molecule has 0 radical (unpaired) electrons. The van der Waals surface area contributed by atoms with Gasteiger partial charge in [-0.2, -0.15) is 0 Å².